The number of fused-ring (bicyclic) bond motifs is 1. The van der Waals surface area contributed by atoms with Gasteiger partial charge in [-0.15, -0.1) is 0 Å². The Kier molecular flexibility index (Phi) is 4.63. The van der Waals surface area contributed by atoms with Crippen molar-refractivity contribution in [3.05, 3.63) is 29.8 Å². The molecule has 0 aliphatic carbocycles. The zero-order valence-electron chi connectivity index (χ0n) is 10.3. The second kappa shape index (κ2) is 5.55. The highest BCUT2D eigenvalue weighted by molar-refractivity contribution is 5.56. The number of quaternary nitrogens is 1. The Morgan fingerprint density at radius 2 is 2.00 bits per heavy atom. The number of nitrogens with one attached hydrogen (secondary N) is 1. The summed E-state index contributed by atoms with van der Waals surface area (Å²) in [6.07, 6.45) is 1.29. The number of likely N-dealkylation sites (N-methyl/N-ethyl adjacent to an activating group) is 1. The summed E-state index contributed by atoms with van der Waals surface area (Å²) in [4.78, 5) is 3.91. The third-order valence-electron chi connectivity index (χ3n) is 3.26. The largest absolute Gasteiger partial charge is 1.00 e. The second-order valence-electron chi connectivity index (χ2n) is 4.88. The molecule has 16 heavy (non-hydrogen) atoms. The van der Waals surface area contributed by atoms with Crippen molar-refractivity contribution in [2.75, 3.05) is 39.1 Å². The van der Waals surface area contributed by atoms with Crippen LogP contribution in [0.15, 0.2) is 24.3 Å². The second-order valence-corrected chi connectivity index (χ2v) is 4.88. The predicted octanol–water partition coefficient (Wildman–Crippen LogP) is -2.24. The number of halogens is 1. The molecule has 1 heterocycles. The summed E-state index contributed by atoms with van der Waals surface area (Å²) >= 11 is 0. The Morgan fingerprint density at radius 1 is 1.31 bits per heavy atom. The van der Waals surface area contributed by atoms with E-state index >= 15 is 0 Å². The van der Waals surface area contributed by atoms with Gasteiger partial charge in [-0.3, -0.25) is 0 Å². The van der Waals surface area contributed by atoms with Gasteiger partial charge in [-0.2, -0.15) is 0 Å². The monoisotopic (exact) mass is 240 g/mol. The number of benzene rings is 1. The molecule has 1 aromatic rings. The molecule has 3 heteroatoms. The van der Waals surface area contributed by atoms with E-state index in [-0.39, 0.29) is 12.4 Å². The van der Waals surface area contributed by atoms with Crippen molar-refractivity contribution in [1.82, 2.24) is 0 Å². The fourth-order valence-electron chi connectivity index (χ4n) is 2.51. The number of rotatable bonds is 2. The summed E-state index contributed by atoms with van der Waals surface area (Å²) < 4.78 is 0. The van der Waals surface area contributed by atoms with Crippen LogP contribution < -0.4 is 22.2 Å². The van der Waals surface area contributed by atoms with Gasteiger partial charge in [-0.05, 0) is 18.1 Å². The smallest absolute Gasteiger partial charge is 0.0837 e. The first-order valence-electron chi connectivity index (χ1n) is 5.77. The number of anilines is 1. The van der Waals surface area contributed by atoms with Crippen LogP contribution in [-0.2, 0) is 0 Å². The van der Waals surface area contributed by atoms with Gasteiger partial charge in [0.15, 0.2) is 0 Å². The molecule has 0 radical (unpaired) electrons. The Bertz CT molecular complexity index is 338. The molecule has 1 aliphatic rings. The van der Waals surface area contributed by atoms with Gasteiger partial charge >= 0.3 is 0 Å². The fraction of sp³-hybridized carbons (Fsp3) is 0.538. The maximum atomic E-state index is 2.37. The lowest BCUT2D eigenvalue weighted by atomic mass is 9.90. The molecular formula is C13H21ClN2. The Balaban J connectivity index is 0.00000128. The van der Waals surface area contributed by atoms with Crippen LogP contribution in [0.1, 0.15) is 17.9 Å². The molecule has 0 fully saturated rings. The first-order valence-corrected chi connectivity index (χ1v) is 5.77. The van der Waals surface area contributed by atoms with Gasteiger partial charge in [0.1, 0.15) is 0 Å². The highest BCUT2D eigenvalue weighted by atomic mass is 35.5. The van der Waals surface area contributed by atoms with E-state index in [2.05, 4.69) is 50.3 Å². The van der Waals surface area contributed by atoms with Crippen LogP contribution in [0.25, 0.3) is 0 Å². The van der Waals surface area contributed by atoms with Crippen molar-refractivity contribution in [3.63, 3.8) is 0 Å². The van der Waals surface area contributed by atoms with E-state index in [1.807, 2.05) is 0 Å². The van der Waals surface area contributed by atoms with Crippen molar-refractivity contribution in [1.29, 1.82) is 0 Å². The lowest BCUT2D eigenvalue weighted by Gasteiger charge is -2.33. The standard InChI is InChI=1S/C13H20N2.ClH/c1-14(2)10-11-8-9-15(3)13-7-5-4-6-12(11)13;/h4-7,11H,8-10H2,1-3H3;1H. The Hall–Kier alpha value is -0.730. The number of nitrogens with zero attached hydrogens (tertiary/aromatic N) is 1. The molecule has 1 atom stereocenters. The molecule has 0 saturated carbocycles. The maximum Gasteiger partial charge on any atom is 0.0837 e. The minimum absolute atomic E-state index is 0. The molecule has 2 rings (SSSR count). The first-order chi connectivity index (χ1) is 7.18. The molecule has 1 aromatic carbocycles. The van der Waals surface area contributed by atoms with Gasteiger partial charge in [0.05, 0.1) is 20.6 Å². The average molecular weight is 241 g/mol. The summed E-state index contributed by atoms with van der Waals surface area (Å²) in [6, 6.07) is 8.83. The normalized spacial score (nSPS) is 19.2. The fourth-order valence-corrected chi connectivity index (χ4v) is 2.51. The van der Waals surface area contributed by atoms with E-state index in [4.69, 9.17) is 0 Å². The maximum absolute atomic E-state index is 2.37. The van der Waals surface area contributed by atoms with Crippen LogP contribution in [0.3, 0.4) is 0 Å². The number of hydrogen-bond donors (Lipinski definition) is 1. The quantitative estimate of drug-likeness (QED) is 0.615. The van der Waals surface area contributed by atoms with Crippen LogP contribution in [0.2, 0.25) is 0 Å². The minimum Gasteiger partial charge on any atom is -1.00 e. The minimum atomic E-state index is 0. The zero-order valence-corrected chi connectivity index (χ0v) is 11.1. The molecule has 2 nitrogen and oxygen atoms in total. The van der Waals surface area contributed by atoms with Crippen molar-refractivity contribution in [2.45, 2.75) is 12.3 Å². The lowest BCUT2D eigenvalue weighted by molar-refractivity contribution is -0.859. The van der Waals surface area contributed by atoms with Crippen molar-refractivity contribution < 1.29 is 17.3 Å². The highest BCUT2D eigenvalue weighted by Gasteiger charge is 2.24. The molecule has 0 bridgehead atoms. The van der Waals surface area contributed by atoms with Gasteiger partial charge in [-0.25, -0.2) is 0 Å². The Labute approximate surface area is 105 Å². The summed E-state index contributed by atoms with van der Waals surface area (Å²) in [5.74, 6) is 0.738. The molecule has 90 valence electrons. The van der Waals surface area contributed by atoms with E-state index < -0.39 is 0 Å². The van der Waals surface area contributed by atoms with E-state index in [1.165, 1.54) is 30.8 Å². The molecular weight excluding hydrogens is 220 g/mol. The molecule has 0 amide bonds. The van der Waals surface area contributed by atoms with E-state index in [0.717, 1.165) is 5.92 Å². The van der Waals surface area contributed by atoms with Gasteiger partial charge in [0.2, 0.25) is 0 Å². The van der Waals surface area contributed by atoms with Crippen LogP contribution in [0.4, 0.5) is 5.69 Å². The molecule has 1 N–H and O–H groups in total. The SMILES string of the molecule is CN1CCC(C[NH+](C)C)c2ccccc21.[Cl-]. The van der Waals surface area contributed by atoms with E-state index in [9.17, 15) is 0 Å². The molecule has 0 aromatic heterocycles. The van der Waals surface area contributed by atoms with Crippen LogP contribution in [0, 0.1) is 0 Å². The molecule has 1 unspecified atom stereocenters. The number of para-hydroxylation sites is 1. The first kappa shape index (κ1) is 13.3. The average Bonchev–Trinajstić information content (AvgIpc) is 2.22. The van der Waals surface area contributed by atoms with Gasteiger partial charge in [0, 0.05) is 25.2 Å². The van der Waals surface area contributed by atoms with Crippen molar-refractivity contribution >= 4 is 5.69 Å². The van der Waals surface area contributed by atoms with Gasteiger partial charge in [-0.1, -0.05) is 18.2 Å². The van der Waals surface area contributed by atoms with Crippen molar-refractivity contribution in [2.24, 2.45) is 0 Å². The van der Waals surface area contributed by atoms with E-state index in [0.29, 0.717) is 0 Å². The van der Waals surface area contributed by atoms with Gasteiger partial charge < -0.3 is 22.2 Å². The lowest BCUT2D eigenvalue weighted by Crippen LogP contribution is -3.06. The Morgan fingerprint density at radius 3 is 2.69 bits per heavy atom. The topological polar surface area (TPSA) is 7.68 Å². The summed E-state index contributed by atoms with van der Waals surface area (Å²) in [5, 5.41) is 0. The number of hydrogen-bond acceptors (Lipinski definition) is 1. The summed E-state index contributed by atoms with van der Waals surface area (Å²) in [5.41, 5.74) is 2.96. The van der Waals surface area contributed by atoms with Gasteiger partial charge in [0.25, 0.3) is 0 Å². The van der Waals surface area contributed by atoms with Crippen LogP contribution >= 0.6 is 0 Å². The summed E-state index contributed by atoms with van der Waals surface area (Å²) in [7, 11) is 6.67. The van der Waals surface area contributed by atoms with Crippen LogP contribution in [-0.4, -0.2) is 34.2 Å². The summed E-state index contributed by atoms with van der Waals surface area (Å²) in [6.45, 7) is 2.43. The van der Waals surface area contributed by atoms with Crippen LogP contribution in [0.5, 0.6) is 0 Å². The molecule has 0 saturated heterocycles. The predicted molar refractivity (Wildman–Crippen MR) is 64.7 cm³/mol. The van der Waals surface area contributed by atoms with E-state index in [1.54, 1.807) is 4.90 Å². The zero-order chi connectivity index (χ0) is 10.8. The highest BCUT2D eigenvalue weighted by Crippen LogP contribution is 2.33. The molecule has 0 spiro atoms. The third kappa shape index (κ3) is 2.69. The van der Waals surface area contributed by atoms with Crippen molar-refractivity contribution in [3.8, 4) is 0 Å². The third-order valence-corrected chi connectivity index (χ3v) is 3.26. The molecule has 1 aliphatic heterocycles.